The van der Waals surface area contributed by atoms with Gasteiger partial charge in [0.25, 0.3) is 0 Å². The molecule has 4 heteroatoms. The Hall–Kier alpha value is 0.1000. The predicted molar refractivity (Wildman–Crippen MR) is 83.4 cm³/mol. The largest absolute Gasteiger partial charge is 0.376 e. The summed E-state index contributed by atoms with van der Waals surface area (Å²) in [5, 5.41) is 5.79. The van der Waals surface area contributed by atoms with E-state index in [1.165, 1.54) is 9.35 Å². The summed E-state index contributed by atoms with van der Waals surface area (Å²) in [5.74, 6) is 0. The average molecular weight is 334 g/mol. The topological polar surface area (TPSA) is 21.3 Å². The van der Waals surface area contributed by atoms with E-state index in [0.29, 0.717) is 0 Å². The van der Waals surface area contributed by atoms with E-state index < -0.39 is 0 Å². The van der Waals surface area contributed by atoms with Crippen LogP contribution in [-0.2, 0) is 4.74 Å². The molecular formula is C14H24BrNOS. The standard InChI is InChI=1S/C14H24BrNOS/c1-5-9-16-13(12-11(15)8-10-18-12)14(6-2,7-3)17-4/h8,10,13,16H,5-7,9H2,1-4H3. The fourth-order valence-corrected chi connectivity index (χ4v) is 4.16. The van der Waals surface area contributed by atoms with Gasteiger partial charge in [-0.2, -0.15) is 0 Å². The second-order valence-corrected chi connectivity index (χ2v) is 6.30. The van der Waals surface area contributed by atoms with Gasteiger partial charge in [-0.1, -0.05) is 20.8 Å². The zero-order chi connectivity index (χ0) is 13.6. The Kier molecular flexibility index (Phi) is 6.85. The van der Waals surface area contributed by atoms with Crippen molar-refractivity contribution in [1.82, 2.24) is 5.32 Å². The Balaban J connectivity index is 3.07. The normalized spacial score (nSPS) is 13.8. The maximum Gasteiger partial charge on any atom is 0.0875 e. The van der Waals surface area contributed by atoms with Crippen molar-refractivity contribution < 1.29 is 4.74 Å². The van der Waals surface area contributed by atoms with E-state index >= 15 is 0 Å². The summed E-state index contributed by atoms with van der Waals surface area (Å²) in [7, 11) is 1.83. The molecule has 0 aliphatic carbocycles. The molecule has 0 aliphatic rings. The van der Waals surface area contributed by atoms with Crippen molar-refractivity contribution in [2.45, 2.75) is 51.7 Å². The molecule has 0 spiro atoms. The number of ether oxygens (including phenoxy) is 1. The zero-order valence-electron chi connectivity index (χ0n) is 11.8. The van der Waals surface area contributed by atoms with E-state index in [1.807, 2.05) is 7.11 Å². The quantitative estimate of drug-likeness (QED) is 0.740. The minimum Gasteiger partial charge on any atom is -0.376 e. The van der Waals surface area contributed by atoms with Crippen LogP contribution in [0.25, 0.3) is 0 Å². The van der Waals surface area contributed by atoms with Gasteiger partial charge in [-0.3, -0.25) is 0 Å². The second kappa shape index (κ2) is 7.63. The molecule has 1 heterocycles. The Morgan fingerprint density at radius 3 is 2.44 bits per heavy atom. The van der Waals surface area contributed by atoms with Crippen molar-refractivity contribution in [3.63, 3.8) is 0 Å². The third-order valence-electron chi connectivity index (χ3n) is 3.63. The molecule has 2 nitrogen and oxygen atoms in total. The highest BCUT2D eigenvalue weighted by Gasteiger charge is 2.38. The van der Waals surface area contributed by atoms with Crippen LogP contribution in [0.1, 0.15) is 51.0 Å². The van der Waals surface area contributed by atoms with Crippen molar-refractivity contribution in [2.75, 3.05) is 13.7 Å². The van der Waals surface area contributed by atoms with Gasteiger partial charge >= 0.3 is 0 Å². The number of nitrogens with one attached hydrogen (secondary N) is 1. The molecular weight excluding hydrogens is 310 g/mol. The molecule has 18 heavy (non-hydrogen) atoms. The number of halogens is 1. The summed E-state index contributed by atoms with van der Waals surface area (Å²) in [6.07, 6.45) is 3.14. The maximum absolute atomic E-state index is 5.90. The van der Waals surface area contributed by atoms with Crippen LogP contribution in [0.2, 0.25) is 0 Å². The third kappa shape index (κ3) is 3.35. The SMILES string of the molecule is CCCNC(c1sccc1Br)C(CC)(CC)OC. The molecule has 1 aromatic rings. The fourth-order valence-electron chi connectivity index (χ4n) is 2.38. The summed E-state index contributed by atoms with van der Waals surface area (Å²) in [4.78, 5) is 1.34. The molecule has 1 aromatic heterocycles. The number of hydrogen-bond donors (Lipinski definition) is 1. The minimum atomic E-state index is -0.122. The first-order valence-corrected chi connectivity index (χ1v) is 8.33. The van der Waals surface area contributed by atoms with Crippen LogP contribution in [0.3, 0.4) is 0 Å². The molecule has 0 aromatic carbocycles. The molecule has 1 rings (SSSR count). The van der Waals surface area contributed by atoms with Gasteiger partial charge < -0.3 is 10.1 Å². The molecule has 0 bridgehead atoms. The first-order chi connectivity index (χ1) is 8.65. The van der Waals surface area contributed by atoms with E-state index in [1.54, 1.807) is 11.3 Å². The summed E-state index contributed by atoms with van der Waals surface area (Å²) < 4.78 is 7.08. The molecule has 0 amide bonds. The average Bonchev–Trinajstić information content (AvgIpc) is 2.81. The molecule has 1 N–H and O–H groups in total. The number of methoxy groups -OCH3 is 1. The van der Waals surface area contributed by atoms with E-state index in [2.05, 4.69) is 53.5 Å². The molecule has 0 aliphatic heterocycles. The van der Waals surface area contributed by atoms with E-state index in [4.69, 9.17) is 4.74 Å². The first kappa shape index (κ1) is 16.2. The molecule has 0 saturated carbocycles. The Morgan fingerprint density at radius 2 is 2.06 bits per heavy atom. The number of rotatable bonds is 8. The molecule has 0 saturated heterocycles. The second-order valence-electron chi connectivity index (χ2n) is 4.50. The Bertz CT molecular complexity index is 341. The molecule has 104 valence electrons. The lowest BCUT2D eigenvalue weighted by Gasteiger charge is -2.39. The van der Waals surface area contributed by atoms with Gasteiger partial charge in [0.05, 0.1) is 11.6 Å². The van der Waals surface area contributed by atoms with E-state index in [9.17, 15) is 0 Å². The lowest BCUT2D eigenvalue weighted by Crippen LogP contribution is -2.44. The summed E-state index contributed by atoms with van der Waals surface area (Å²) in [5.41, 5.74) is -0.122. The predicted octanol–water partition coefficient (Wildman–Crippen LogP) is 4.76. The smallest absolute Gasteiger partial charge is 0.0875 e. The molecule has 1 unspecified atom stereocenters. The fraction of sp³-hybridized carbons (Fsp3) is 0.714. The zero-order valence-corrected chi connectivity index (χ0v) is 14.2. The van der Waals surface area contributed by atoms with Gasteiger partial charge in [-0.05, 0) is 53.2 Å². The van der Waals surface area contributed by atoms with Gasteiger partial charge in [-0.15, -0.1) is 11.3 Å². The highest BCUT2D eigenvalue weighted by Crippen LogP contribution is 2.40. The summed E-state index contributed by atoms with van der Waals surface area (Å²) in [6, 6.07) is 2.37. The number of thiophene rings is 1. The van der Waals surface area contributed by atoms with Gasteiger partial charge in [0.2, 0.25) is 0 Å². The molecule has 0 fully saturated rings. The Labute approximate surface area is 123 Å². The van der Waals surface area contributed by atoms with Crippen LogP contribution < -0.4 is 5.32 Å². The van der Waals surface area contributed by atoms with Gasteiger partial charge in [0.1, 0.15) is 0 Å². The third-order valence-corrected chi connectivity index (χ3v) is 5.57. The Morgan fingerprint density at radius 1 is 1.39 bits per heavy atom. The lowest BCUT2D eigenvalue weighted by molar-refractivity contribution is -0.0478. The maximum atomic E-state index is 5.90. The molecule has 0 radical (unpaired) electrons. The highest BCUT2D eigenvalue weighted by atomic mass is 79.9. The van der Waals surface area contributed by atoms with Crippen molar-refractivity contribution in [3.8, 4) is 0 Å². The minimum absolute atomic E-state index is 0.122. The van der Waals surface area contributed by atoms with Crippen LogP contribution in [-0.4, -0.2) is 19.3 Å². The van der Waals surface area contributed by atoms with E-state index in [-0.39, 0.29) is 11.6 Å². The monoisotopic (exact) mass is 333 g/mol. The van der Waals surface area contributed by atoms with E-state index in [0.717, 1.165) is 25.8 Å². The van der Waals surface area contributed by atoms with Crippen LogP contribution in [0.15, 0.2) is 15.9 Å². The van der Waals surface area contributed by atoms with Crippen molar-refractivity contribution >= 4 is 27.3 Å². The summed E-state index contributed by atoms with van der Waals surface area (Å²) >= 11 is 5.45. The van der Waals surface area contributed by atoms with Crippen molar-refractivity contribution in [3.05, 3.63) is 20.8 Å². The molecule has 1 atom stereocenters. The summed E-state index contributed by atoms with van der Waals surface area (Å²) in [6.45, 7) is 7.62. The van der Waals surface area contributed by atoms with Crippen molar-refractivity contribution in [1.29, 1.82) is 0 Å². The van der Waals surface area contributed by atoms with Gasteiger partial charge in [-0.25, -0.2) is 0 Å². The van der Waals surface area contributed by atoms with Crippen LogP contribution >= 0.6 is 27.3 Å². The van der Waals surface area contributed by atoms with Crippen LogP contribution in [0.5, 0.6) is 0 Å². The van der Waals surface area contributed by atoms with Crippen molar-refractivity contribution in [2.24, 2.45) is 0 Å². The highest BCUT2D eigenvalue weighted by molar-refractivity contribution is 9.10. The van der Waals surface area contributed by atoms with Gasteiger partial charge in [0, 0.05) is 16.5 Å². The van der Waals surface area contributed by atoms with Crippen LogP contribution in [0, 0.1) is 0 Å². The lowest BCUT2D eigenvalue weighted by atomic mass is 9.87. The number of hydrogen-bond acceptors (Lipinski definition) is 3. The van der Waals surface area contributed by atoms with Crippen LogP contribution in [0.4, 0.5) is 0 Å². The van der Waals surface area contributed by atoms with Gasteiger partial charge in [0.15, 0.2) is 0 Å². The first-order valence-electron chi connectivity index (χ1n) is 6.66.